The van der Waals surface area contributed by atoms with Gasteiger partial charge in [-0.05, 0) is 62.4 Å². The Bertz CT molecular complexity index is 801. The highest BCUT2D eigenvalue weighted by Gasteiger charge is 2.27. The van der Waals surface area contributed by atoms with Crippen LogP contribution in [0.4, 0.5) is 5.00 Å². The van der Waals surface area contributed by atoms with Crippen LogP contribution in [0, 0.1) is 0 Å². The van der Waals surface area contributed by atoms with Gasteiger partial charge in [-0.2, -0.15) is 0 Å². The molecule has 1 aromatic heterocycles. The zero-order valence-corrected chi connectivity index (χ0v) is 16.9. The van der Waals surface area contributed by atoms with Crippen LogP contribution in [0.15, 0.2) is 28.7 Å². The van der Waals surface area contributed by atoms with Crippen LogP contribution in [0.25, 0.3) is 0 Å². The van der Waals surface area contributed by atoms with Crippen LogP contribution in [-0.4, -0.2) is 25.1 Å². The lowest BCUT2D eigenvalue weighted by molar-refractivity contribution is -0.118. The molecular weight excluding hydrogens is 418 g/mol. The fourth-order valence-corrected chi connectivity index (χ4v) is 4.47. The number of hydrogen-bond acceptors (Lipinski definition) is 5. The smallest absolute Gasteiger partial charge is 0.341 e. The molecule has 0 unspecified atom stereocenters. The predicted octanol–water partition coefficient (Wildman–Crippen LogP) is 4.58. The Kier molecular flexibility index (Phi) is 6.32. The summed E-state index contributed by atoms with van der Waals surface area (Å²) in [6.45, 7) is 1.97. The quantitative estimate of drug-likeness (QED) is 0.671. The van der Waals surface area contributed by atoms with Gasteiger partial charge in [0.15, 0.2) is 6.61 Å². The Balaban J connectivity index is 1.71. The fraction of sp³-hybridized carbons (Fsp3) is 0.368. The maximum atomic E-state index is 12.4. The summed E-state index contributed by atoms with van der Waals surface area (Å²) in [6, 6.07) is 7.26. The molecule has 3 rings (SSSR count). The van der Waals surface area contributed by atoms with Gasteiger partial charge in [0.05, 0.1) is 12.2 Å². The molecule has 0 bridgehead atoms. The van der Waals surface area contributed by atoms with Gasteiger partial charge in [0.1, 0.15) is 10.8 Å². The van der Waals surface area contributed by atoms with Gasteiger partial charge in [0, 0.05) is 9.35 Å². The van der Waals surface area contributed by atoms with E-state index in [0.717, 1.165) is 35.7 Å². The van der Waals surface area contributed by atoms with E-state index < -0.39 is 0 Å². The molecule has 1 amide bonds. The summed E-state index contributed by atoms with van der Waals surface area (Å²) >= 11 is 4.83. The third-order valence-corrected chi connectivity index (χ3v) is 5.82. The average molecular weight is 438 g/mol. The monoisotopic (exact) mass is 437 g/mol. The standard InChI is InChI=1S/C19H20BrNO4S/c1-2-24-19(23)17-14-5-3-4-6-15(14)26-18(17)21-16(22)11-25-13-9-7-12(20)8-10-13/h7-10H,2-6,11H2,1H3,(H,21,22). The number of aryl methyl sites for hydroxylation is 1. The molecule has 5 nitrogen and oxygen atoms in total. The minimum Gasteiger partial charge on any atom is -0.484 e. The Morgan fingerprint density at radius 1 is 1.19 bits per heavy atom. The van der Waals surface area contributed by atoms with Crippen molar-refractivity contribution in [3.63, 3.8) is 0 Å². The van der Waals surface area contributed by atoms with Gasteiger partial charge in [-0.3, -0.25) is 4.79 Å². The number of benzene rings is 1. The molecule has 2 aromatic rings. The number of thiophene rings is 1. The summed E-state index contributed by atoms with van der Waals surface area (Å²) in [7, 11) is 0. The minimum atomic E-state index is -0.365. The van der Waals surface area contributed by atoms with Gasteiger partial charge < -0.3 is 14.8 Å². The predicted molar refractivity (Wildman–Crippen MR) is 105 cm³/mol. The molecule has 1 aliphatic rings. The summed E-state index contributed by atoms with van der Waals surface area (Å²) in [5.41, 5.74) is 1.55. The SMILES string of the molecule is CCOC(=O)c1c(NC(=O)COc2ccc(Br)cc2)sc2c1CCCC2. The molecule has 1 aliphatic carbocycles. The third kappa shape index (κ3) is 4.45. The molecule has 0 fully saturated rings. The zero-order valence-electron chi connectivity index (χ0n) is 14.5. The van der Waals surface area contributed by atoms with E-state index in [1.165, 1.54) is 16.2 Å². The van der Waals surface area contributed by atoms with Crippen molar-refractivity contribution in [2.75, 3.05) is 18.5 Å². The number of carbonyl (C=O) groups excluding carboxylic acids is 2. The molecule has 1 N–H and O–H groups in total. The molecule has 138 valence electrons. The first kappa shape index (κ1) is 18.9. The summed E-state index contributed by atoms with van der Waals surface area (Å²) in [5, 5.41) is 3.40. The summed E-state index contributed by atoms with van der Waals surface area (Å²) in [6.07, 6.45) is 3.95. The lowest BCUT2D eigenvalue weighted by Gasteiger charge is -2.12. The Labute approximate surface area is 164 Å². The number of rotatable bonds is 6. The number of halogens is 1. The van der Waals surface area contributed by atoms with Gasteiger partial charge >= 0.3 is 5.97 Å². The lowest BCUT2D eigenvalue weighted by atomic mass is 9.95. The summed E-state index contributed by atoms with van der Waals surface area (Å²) in [5.74, 6) is -0.0486. The van der Waals surface area contributed by atoms with E-state index in [1.807, 2.05) is 12.1 Å². The van der Waals surface area contributed by atoms with Crippen molar-refractivity contribution in [2.24, 2.45) is 0 Å². The van der Waals surface area contributed by atoms with E-state index in [-0.39, 0.29) is 18.5 Å². The molecule has 0 atom stereocenters. The van der Waals surface area contributed by atoms with Crippen LogP contribution in [0.3, 0.4) is 0 Å². The van der Waals surface area contributed by atoms with E-state index in [2.05, 4.69) is 21.2 Å². The normalized spacial score (nSPS) is 13.0. The lowest BCUT2D eigenvalue weighted by Crippen LogP contribution is -2.21. The Morgan fingerprint density at radius 2 is 1.92 bits per heavy atom. The van der Waals surface area contributed by atoms with Gasteiger partial charge in [0.2, 0.25) is 0 Å². The number of ether oxygens (including phenoxy) is 2. The first-order valence-corrected chi connectivity index (χ1v) is 10.2. The molecule has 0 saturated carbocycles. The second-order valence-corrected chi connectivity index (χ2v) is 7.95. The van der Waals surface area contributed by atoms with Crippen LogP contribution in [-0.2, 0) is 22.4 Å². The largest absolute Gasteiger partial charge is 0.484 e. The molecule has 0 spiro atoms. The number of esters is 1. The topological polar surface area (TPSA) is 64.6 Å². The average Bonchev–Trinajstić information content (AvgIpc) is 2.99. The van der Waals surface area contributed by atoms with Crippen LogP contribution >= 0.6 is 27.3 Å². The molecule has 0 radical (unpaired) electrons. The molecule has 1 heterocycles. The minimum absolute atomic E-state index is 0.119. The molecule has 0 saturated heterocycles. The molecular formula is C19H20BrNO4S. The van der Waals surface area contributed by atoms with Crippen LogP contribution in [0.2, 0.25) is 0 Å². The molecule has 1 aromatic carbocycles. The number of hydrogen-bond donors (Lipinski definition) is 1. The van der Waals surface area contributed by atoms with E-state index in [0.29, 0.717) is 22.9 Å². The number of carbonyl (C=O) groups is 2. The van der Waals surface area contributed by atoms with Crippen molar-refractivity contribution in [1.29, 1.82) is 0 Å². The molecule has 26 heavy (non-hydrogen) atoms. The molecule has 0 aliphatic heterocycles. The van der Waals surface area contributed by atoms with Gasteiger partial charge in [-0.15, -0.1) is 11.3 Å². The number of fused-ring (bicyclic) bond motifs is 1. The molecule has 7 heteroatoms. The Morgan fingerprint density at radius 3 is 2.65 bits per heavy atom. The van der Waals surface area contributed by atoms with E-state index in [4.69, 9.17) is 9.47 Å². The first-order valence-electron chi connectivity index (χ1n) is 8.58. The fourth-order valence-electron chi connectivity index (χ4n) is 2.92. The van der Waals surface area contributed by atoms with Crippen molar-refractivity contribution < 1.29 is 19.1 Å². The van der Waals surface area contributed by atoms with Crippen LogP contribution in [0.1, 0.15) is 40.6 Å². The van der Waals surface area contributed by atoms with E-state index in [1.54, 1.807) is 19.1 Å². The van der Waals surface area contributed by atoms with Crippen molar-refractivity contribution in [3.8, 4) is 5.75 Å². The highest BCUT2D eigenvalue weighted by molar-refractivity contribution is 9.10. The number of nitrogens with one attached hydrogen (secondary N) is 1. The number of anilines is 1. The second-order valence-electron chi connectivity index (χ2n) is 5.93. The van der Waals surface area contributed by atoms with Crippen molar-refractivity contribution in [1.82, 2.24) is 0 Å². The van der Waals surface area contributed by atoms with Crippen molar-refractivity contribution in [2.45, 2.75) is 32.6 Å². The van der Waals surface area contributed by atoms with Crippen molar-refractivity contribution >= 4 is 44.1 Å². The van der Waals surface area contributed by atoms with Gasteiger partial charge in [0.25, 0.3) is 5.91 Å². The second kappa shape index (κ2) is 8.68. The van der Waals surface area contributed by atoms with Crippen LogP contribution in [0.5, 0.6) is 5.75 Å². The van der Waals surface area contributed by atoms with Gasteiger partial charge in [-0.25, -0.2) is 4.79 Å². The highest BCUT2D eigenvalue weighted by Crippen LogP contribution is 2.38. The number of amides is 1. The van der Waals surface area contributed by atoms with Crippen LogP contribution < -0.4 is 10.1 Å². The highest BCUT2D eigenvalue weighted by atomic mass is 79.9. The summed E-state index contributed by atoms with van der Waals surface area (Å²) < 4.78 is 11.6. The zero-order chi connectivity index (χ0) is 18.5. The maximum absolute atomic E-state index is 12.4. The third-order valence-electron chi connectivity index (χ3n) is 4.09. The Hall–Kier alpha value is -1.86. The maximum Gasteiger partial charge on any atom is 0.341 e. The first-order chi connectivity index (χ1) is 12.6. The van der Waals surface area contributed by atoms with Gasteiger partial charge in [-0.1, -0.05) is 15.9 Å². The summed E-state index contributed by atoms with van der Waals surface area (Å²) in [4.78, 5) is 25.9. The van der Waals surface area contributed by atoms with Crippen molar-refractivity contribution in [3.05, 3.63) is 44.7 Å². The van der Waals surface area contributed by atoms with E-state index >= 15 is 0 Å². The van der Waals surface area contributed by atoms with E-state index in [9.17, 15) is 9.59 Å².